The van der Waals surface area contributed by atoms with Gasteiger partial charge in [-0.15, -0.1) is 0 Å². The molecule has 0 spiro atoms. The molecule has 0 radical (unpaired) electrons. The monoisotopic (exact) mass is 281 g/mol. The first-order valence-electron chi connectivity index (χ1n) is 7.13. The van der Waals surface area contributed by atoms with E-state index in [-0.39, 0.29) is 5.54 Å². The highest BCUT2D eigenvalue weighted by Gasteiger charge is 2.09. The van der Waals surface area contributed by atoms with Crippen LogP contribution in [0.25, 0.3) is 0 Å². The number of aromatic nitrogens is 2. The van der Waals surface area contributed by atoms with Crippen LogP contribution >= 0.6 is 0 Å². The lowest BCUT2D eigenvalue weighted by Gasteiger charge is -2.20. The fourth-order valence-corrected chi connectivity index (χ4v) is 1.42. The predicted octanol–water partition coefficient (Wildman–Crippen LogP) is 2.42. The molecule has 0 aliphatic heterocycles. The molecule has 0 saturated carbocycles. The largest absolute Gasteiger partial charge is 0.474 e. The summed E-state index contributed by atoms with van der Waals surface area (Å²) in [4.78, 5) is 8.55. The van der Waals surface area contributed by atoms with E-state index in [1.807, 2.05) is 0 Å². The van der Waals surface area contributed by atoms with Crippen LogP contribution in [-0.4, -0.2) is 35.3 Å². The van der Waals surface area contributed by atoms with E-state index in [4.69, 9.17) is 9.47 Å². The van der Waals surface area contributed by atoms with Crippen molar-refractivity contribution in [2.75, 3.05) is 19.8 Å². The molecule has 0 bridgehead atoms. The lowest BCUT2D eigenvalue weighted by atomic mass is 10.1. The average molecular weight is 281 g/mol. The summed E-state index contributed by atoms with van der Waals surface area (Å²) in [5, 5.41) is 3.37. The molecule has 0 aromatic carbocycles. The van der Waals surface area contributed by atoms with E-state index >= 15 is 0 Å². The van der Waals surface area contributed by atoms with Gasteiger partial charge in [-0.25, -0.2) is 4.98 Å². The first-order chi connectivity index (χ1) is 9.37. The normalized spacial score (nSPS) is 11.9. The van der Waals surface area contributed by atoms with Crippen molar-refractivity contribution in [1.29, 1.82) is 0 Å². The summed E-state index contributed by atoms with van der Waals surface area (Å²) < 4.78 is 11.0. The fraction of sp³-hybridized carbons (Fsp3) is 0.733. The van der Waals surface area contributed by atoms with Gasteiger partial charge >= 0.3 is 0 Å². The molecule has 0 amide bonds. The highest BCUT2D eigenvalue weighted by molar-refractivity contribution is 5.08. The molecule has 114 valence electrons. The van der Waals surface area contributed by atoms with E-state index in [1.165, 1.54) is 0 Å². The maximum absolute atomic E-state index is 5.53. The Morgan fingerprint density at radius 1 is 1.20 bits per heavy atom. The number of hydrogen-bond donors (Lipinski definition) is 1. The van der Waals surface area contributed by atoms with Gasteiger partial charge in [-0.2, -0.15) is 0 Å². The van der Waals surface area contributed by atoms with Crippen molar-refractivity contribution >= 4 is 0 Å². The van der Waals surface area contributed by atoms with Gasteiger partial charge in [0.1, 0.15) is 6.61 Å². The van der Waals surface area contributed by atoms with E-state index < -0.39 is 0 Å². The topological polar surface area (TPSA) is 56.3 Å². The molecule has 0 aliphatic rings. The molecular weight excluding hydrogens is 254 g/mol. The third-order valence-electron chi connectivity index (χ3n) is 2.39. The summed E-state index contributed by atoms with van der Waals surface area (Å²) in [6, 6.07) is 0. The van der Waals surface area contributed by atoms with Gasteiger partial charge in [0, 0.05) is 24.9 Å². The molecule has 1 aromatic heterocycles. The zero-order valence-corrected chi connectivity index (χ0v) is 13.3. The predicted molar refractivity (Wildman–Crippen MR) is 79.8 cm³/mol. The van der Waals surface area contributed by atoms with Crippen LogP contribution in [0.2, 0.25) is 0 Å². The Balaban J connectivity index is 2.32. The van der Waals surface area contributed by atoms with Crippen molar-refractivity contribution in [2.45, 2.75) is 46.7 Å². The lowest BCUT2D eigenvalue weighted by molar-refractivity contribution is 0.0804. The van der Waals surface area contributed by atoms with Gasteiger partial charge in [0.25, 0.3) is 0 Å². The number of nitrogens with one attached hydrogen (secondary N) is 1. The number of rotatable bonds is 8. The van der Waals surface area contributed by atoms with E-state index in [2.05, 4.69) is 49.9 Å². The molecule has 5 nitrogen and oxygen atoms in total. The summed E-state index contributed by atoms with van der Waals surface area (Å²) in [5.74, 6) is 1.09. The molecule has 0 aliphatic carbocycles. The molecule has 1 heterocycles. The third kappa shape index (κ3) is 8.07. The summed E-state index contributed by atoms with van der Waals surface area (Å²) in [6.45, 7) is 13.1. The van der Waals surface area contributed by atoms with Crippen molar-refractivity contribution in [3.8, 4) is 5.88 Å². The summed E-state index contributed by atoms with van der Waals surface area (Å²) in [6.07, 6.45) is 3.38. The molecule has 0 atom stereocenters. The molecule has 20 heavy (non-hydrogen) atoms. The number of hydrogen-bond acceptors (Lipinski definition) is 5. The molecule has 1 N–H and O–H groups in total. The van der Waals surface area contributed by atoms with Crippen molar-refractivity contribution in [3.05, 3.63) is 18.1 Å². The first-order valence-corrected chi connectivity index (χ1v) is 7.13. The van der Waals surface area contributed by atoms with Crippen LogP contribution in [0.15, 0.2) is 12.4 Å². The van der Waals surface area contributed by atoms with Gasteiger partial charge in [-0.1, -0.05) is 13.8 Å². The second-order valence-electron chi connectivity index (χ2n) is 6.27. The molecule has 1 rings (SSSR count). The second kappa shape index (κ2) is 8.17. The van der Waals surface area contributed by atoms with Crippen molar-refractivity contribution in [1.82, 2.24) is 15.3 Å². The van der Waals surface area contributed by atoms with Crippen molar-refractivity contribution in [2.24, 2.45) is 5.92 Å². The highest BCUT2D eigenvalue weighted by Crippen LogP contribution is 2.07. The first kappa shape index (κ1) is 16.9. The Morgan fingerprint density at radius 3 is 2.60 bits per heavy atom. The summed E-state index contributed by atoms with van der Waals surface area (Å²) >= 11 is 0. The molecule has 0 unspecified atom stereocenters. The Bertz CT molecular complexity index is 389. The van der Waals surface area contributed by atoms with Crippen molar-refractivity contribution < 1.29 is 9.47 Å². The molecule has 0 fully saturated rings. The Hall–Kier alpha value is -1.20. The minimum atomic E-state index is 0.0588. The molecule has 5 heteroatoms. The summed E-state index contributed by atoms with van der Waals surface area (Å²) in [7, 11) is 0. The van der Waals surface area contributed by atoms with Gasteiger partial charge in [-0.05, 0) is 26.7 Å². The molecule has 1 aromatic rings. The van der Waals surface area contributed by atoms with E-state index in [0.29, 0.717) is 31.6 Å². The van der Waals surface area contributed by atoms with Gasteiger partial charge in [0.15, 0.2) is 0 Å². The Kier molecular flexibility index (Phi) is 6.88. The molecule has 0 saturated heterocycles. The number of nitrogens with zero attached hydrogens (tertiary/aromatic N) is 2. The lowest BCUT2D eigenvalue weighted by Crippen LogP contribution is -2.35. The quantitative estimate of drug-likeness (QED) is 0.742. The van der Waals surface area contributed by atoms with E-state index in [1.54, 1.807) is 12.4 Å². The molecular formula is C15H27N3O2. The van der Waals surface area contributed by atoms with Gasteiger partial charge in [-0.3, -0.25) is 4.98 Å². The van der Waals surface area contributed by atoms with Gasteiger partial charge < -0.3 is 14.8 Å². The van der Waals surface area contributed by atoms with Gasteiger partial charge in [0.05, 0.1) is 18.5 Å². The van der Waals surface area contributed by atoms with E-state index in [9.17, 15) is 0 Å². The SMILES string of the molecule is CC(C)COCCOc1cncc(CNC(C)(C)C)n1. The highest BCUT2D eigenvalue weighted by atomic mass is 16.5. The van der Waals surface area contributed by atoms with Crippen LogP contribution in [-0.2, 0) is 11.3 Å². The third-order valence-corrected chi connectivity index (χ3v) is 2.39. The second-order valence-corrected chi connectivity index (χ2v) is 6.27. The van der Waals surface area contributed by atoms with Gasteiger partial charge in [0.2, 0.25) is 5.88 Å². The maximum atomic E-state index is 5.53. The van der Waals surface area contributed by atoms with Crippen molar-refractivity contribution in [3.63, 3.8) is 0 Å². The zero-order valence-electron chi connectivity index (χ0n) is 13.3. The maximum Gasteiger partial charge on any atom is 0.232 e. The Morgan fingerprint density at radius 2 is 1.95 bits per heavy atom. The minimum absolute atomic E-state index is 0.0588. The fourth-order valence-electron chi connectivity index (χ4n) is 1.42. The Labute approximate surface area is 122 Å². The smallest absolute Gasteiger partial charge is 0.232 e. The van der Waals surface area contributed by atoms with Crippen LogP contribution in [0.5, 0.6) is 5.88 Å². The van der Waals surface area contributed by atoms with Crippen LogP contribution < -0.4 is 10.1 Å². The number of ether oxygens (including phenoxy) is 2. The average Bonchev–Trinajstić information content (AvgIpc) is 2.35. The standard InChI is InChI=1S/C15H27N3O2/c1-12(2)11-19-6-7-20-14-10-16-8-13(18-14)9-17-15(3,4)5/h8,10,12,17H,6-7,9,11H2,1-5H3. The van der Waals surface area contributed by atoms with Crippen LogP contribution in [0, 0.1) is 5.92 Å². The zero-order chi connectivity index (χ0) is 15.0. The minimum Gasteiger partial charge on any atom is -0.474 e. The van der Waals surface area contributed by atoms with Crippen LogP contribution in [0.1, 0.15) is 40.3 Å². The summed E-state index contributed by atoms with van der Waals surface area (Å²) in [5.41, 5.74) is 0.934. The van der Waals surface area contributed by atoms with E-state index in [0.717, 1.165) is 12.3 Å². The van der Waals surface area contributed by atoms with Crippen LogP contribution in [0.3, 0.4) is 0 Å². The van der Waals surface area contributed by atoms with Crippen LogP contribution in [0.4, 0.5) is 0 Å².